The summed E-state index contributed by atoms with van der Waals surface area (Å²) in [7, 11) is 0. The van der Waals surface area contributed by atoms with E-state index in [0.29, 0.717) is 31.2 Å². The number of hydrogen-bond donors (Lipinski definition) is 0. The van der Waals surface area contributed by atoms with Gasteiger partial charge in [-0.1, -0.05) is 114 Å². The minimum Gasteiger partial charge on any atom is -0.464 e. The number of benzene rings is 4. The molecule has 2 heterocycles. The van der Waals surface area contributed by atoms with Gasteiger partial charge in [-0.15, -0.1) is 11.3 Å². The molecular weight excluding hydrogens is 660 g/mol. The second-order valence-corrected chi connectivity index (χ2v) is 12.9. The molecule has 7 rings (SSSR count). The van der Waals surface area contributed by atoms with Gasteiger partial charge in [0.2, 0.25) is 5.76 Å². The third-order valence-corrected chi connectivity index (χ3v) is 9.73. The van der Waals surface area contributed by atoms with Crippen molar-refractivity contribution in [2.24, 2.45) is 4.99 Å². The Bertz CT molecular complexity index is 2100. The molecule has 4 aromatic carbocycles. The van der Waals surface area contributed by atoms with Crippen LogP contribution in [0, 0.1) is 0 Å². The van der Waals surface area contributed by atoms with E-state index in [1.165, 1.54) is 11.3 Å². The van der Waals surface area contributed by atoms with Crippen molar-refractivity contribution in [2.75, 3.05) is 6.61 Å². The first-order valence-electron chi connectivity index (χ1n) is 16.4. The molecule has 1 aliphatic carbocycles. The lowest BCUT2D eigenvalue weighted by Gasteiger charge is -2.18. The number of hydrogen-bond acceptors (Lipinski definition) is 7. The number of alkyl halides is 3. The number of halogens is 3. The van der Waals surface area contributed by atoms with Gasteiger partial charge in [-0.2, -0.15) is 13.2 Å². The van der Waals surface area contributed by atoms with Gasteiger partial charge in [0.05, 0.1) is 22.9 Å². The van der Waals surface area contributed by atoms with Gasteiger partial charge in [-0.25, -0.2) is 9.78 Å². The van der Waals surface area contributed by atoms with Crippen LogP contribution in [0.25, 0.3) is 32.5 Å². The first-order chi connectivity index (χ1) is 24.3. The number of aliphatic imine (C=N–C) groups is 1. The highest BCUT2D eigenvalue weighted by molar-refractivity contribution is 7.18. The van der Waals surface area contributed by atoms with E-state index < -0.39 is 17.8 Å². The number of aryl methyl sites for hydroxylation is 3. The standard InChI is InChI=1S/C40H32F3N3O3S/c1-2-48-39(47)32(44-34(26-12-6-3-7-13-26)27-14-8-4-9-15-27)22-19-25-18-21-30-29(24-25)20-23-31-37(30)50-38(45-31)36-33(40(41,42)43)35(46-49-36)28-16-10-5-11-17-28/h3-18,21,24,32H,2,19-20,22-23H2,1H3. The number of carbonyl (C=O) groups is 1. The van der Waals surface area contributed by atoms with Crippen molar-refractivity contribution in [1.82, 2.24) is 10.1 Å². The van der Waals surface area contributed by atoms with E-state index in [4.69, 9.17) is 14.3 Å². The van der Waals surface area contributed by atoms with E-state index in [2.05, 4.69) is 16.2 Å². The highest BCUT2D eigenvalue weighted by Crippen LogP contribution is 2.47. The maximum atomic E-state index is 14.4. The first-order valence-corrected chi connectivity index (χ1v) is 17.2. The lowest BCUT2D eigenvalue weighted by Crippen LogP contribution is -2.24. The van der Waals surface area contributed by atoms with E-state index in [1.54, 1.807) is 37.3 Å². The molecule has 0 N–H and O–H groups in total. The zero-order valence-corrected chi connectivity index (χ0v) is 27.9. The number of carbonyl (C=O) groups excluding carboxylic acids is 1. The number of rotatable bonds is 10. The number of thiazole rings is 1. The number of esters is 1. The number of fused-ring (bicyclic) bond motifs is 3. The van der Waals surface area contributed by atoms with Crippen LogP contribution in [0.3, 0.4) is 0 Å². The van der Waals surface area contributed by atoms with Gasteiger partial charge in [0.25, 0.3) is 0 Å². The average molecular weight is 692 g/mol. The van der Waals surface area contributed by atoms with Gasteiger partial charge in [-0.05, 0) is 49.3 Å². The van der Waals surface area contributed by atoms with Gasteiger partial charge < -0.3 is 9.26 Å². The zero-order chi connectivity index (χ0) is 34.7. The highest BCUT2D eigenvalue weighted by atomic mass is 32.1. The van der Waals surface area contributed by atoms with Crippen molar-refractivity contribution in [2.45, 2.75) is 44.8 Å². The molecule has 1 unspecified atom stereocenters. The second kappa shape index (κ2) is 14.2. The predicted octanol–water partition coefficient (Wildman–Crippen LogP) is 9.65. The molecule has 6 nitrogen and oxygen atoms in total. The maximum Gasteiger partial charge on any atom is 0.422 e. The third kappa shape index (κ3) is 6.89. The minimum atomic E-state index is -4.69. The second-order valence-electron chi connectivity index (χ2n) is 11.9. The molecule has 1 atom stereocenters. The van der Waals surface area contributed by atoms with Crippen molar-refractivity contribution >= 4 is 23.0 Å². The topological polar surface area (TPSA) is 77.6 Å². The quantitative estimate of drug-likeness (QED) is 0.106. The van der Waals surface area contributed by atoms with Crippen molar-refractivity contribution < 1.29 is 27.2 Å². The molecule has 0 saturated carbocycles. The summed E-state index contributed by atoms with van der Waals surface area (Å²) in [6.45, 7) is 2.03. The predicted molar refractivity (Wildman–Crippen MR) is 188 cm³/mol. The van der Waals surface area contributed by atoms with Gasteiger partial charge in [0.1, 0.15) is 17.3 Å². The monoisotopic (exact) mass is 691 g/mol. The Morgan fingerprint density at radius 1 is 0.920 bits per heavy atom. The Morgan fingerprint density at radius 3 is 2.22 bits per heavy atom. The van der Waals surface area contributed by atoms with E-state index in [0.717, 1.165) is 44.1 Å². The lowest BCUT2D eigenvalue weighted by atomic mass is 9.91. The van der Waals surface area contributed by atoms with Crippen LogP contribution in [0.15, 0.2) is 119 Å². The third-order valence-electron chi connectivity index (χ3n) is 8.60. The fraction of sp³-hybridized carbons (Fsp3) is 0.200. The van der Waals surface area contributed by atoms with E-state index in [-0.39, 0.29) is 29.0 Å². The summed E-state index contributed by atoms with van der Waals surface area (Å²) in [4.78, 5) is 23.6. The fourth-order valence-corrected chi connectivity index (χ4v) is 7.40. The van der Waals surface area contributed by atoms with Gasteiger partial charge in [-0.3, -0.25) is 4.99 Å². The molecule has 50 heavy (non-hydrogen) atoms. The van der Waals surface area contributed by atoms with Crippen LogP contribution in [0.4, 0.5) is 13.2 Å². The Balaban J connectivity index is 1.16. The Morgan fingerprint density at radius 2 is 1.58 bits per heavy atom. The van der Waals surface area contributed by atoms with Crippen LogP contribution < -0.4 is 0 Å². The summed E-state index contributed by atoms with van der Waals surface area (Å²) in [6, 6.07) is 33.2. The molecule has 0 spiro atoms. The summed E-state index contributed by atoms with van der Waals surface area (Å²) >= 11 is 1.18. The van der Waals surface area contributed by atoms with Crippen molar-refractivity contribution in [1.29, 1.82) is 0 Å². The van der Waals surface area contributed by atoms with Crippen molar-refractivity contribution in [3.63, 3.8) is 0 Å². The molecule has 0 bridgehead atoms. The molecular formula is C40H32F3N3O3S. The van der Waals surface area contributed by atoms with E-state index in [9.17, 15) is 18.0 Å². The van der Waals surface area contributed by atoms with Crippen LogP contribution in [-0.2, 0) is 35.0 Å². The van der Waals surface area contributed by atoms with Crippen molar-refractivity contribution in [3.05, 3.63) is 143 Å². The molecule has 10 heteroatoms. The average Bonchev–Trinajstić information content (AvgIpc) is 3.79. The Labute approximate surface area is 291 Å². The van der Waals surface area contributed by atoms with Crippen LogP contribution in [0.2, 0.25) is 0 Å². The van der Waals surface area contributed by atoms with Gasteiger partial charge in [0.15, 0.2) is 5.01 Å². The molecule has 1 aliphatic rings. The van der Waals surface area contributed by atoms with E-state index in [1.807, 2.05) is 72.8 Å². The summed E-state index contributed by atoms with van der Waals surface area (Å²) in [5.41, 5.74) is 5.46. The summed E-state index contributed by atoms with van der Waals surface area (Å²) in [5.74, 6) is -0.748. The summed E-state index contributed by atoms with van der Waals surface area (Å²) in [6.07, 6.45) is -2.41. The number of nitrogens with zero attached hydrogens (tertiary/aromatic N) is 3. The fourth-order valence-electron chi connectivity index (χ4n) is 6.25. The molecule has 0 fully saturated rings. The highest BCUT2D eigenvalue weighted by Gasteiger charge is 2.42. The van der Waals surface area contributed by atoms with Crippen LogP contribution >= 0.6 is 11.3 Å². The van der Waals surface area contributed by atoms with Crippen LogP contribution in [0.1, 0.15) is 46.9 Å². The first kappa shape index (κ1) is 33.2. The molecule has 0 saturated heterocycles. The lowest BCUT2D eigenvalue weighted by molar-refractivity contribution is -0.144. The smallest absolute Gasteiger partial charge is 0.422 e. The Kier molecular flexibility index (Phi) is 9.45. The van der Waals surface area contributed by atoms with E-state index >= 15 is 0 Å². The Hall–Kier alpha value is -5.35. The van der Waals surface area contributed by atoms with Crippen molar-refractivity contribution in [3.8, 4) is 32.5 Å². The molecule has 0 amide bonds. The summed E-state index contributed by atoms with van der Waals surface area (Å²) in [5, 5.41) is 3.98. The van der Waals surface area contributed by atoms with Crippen LogP contribution in [-0.4, -0.2) is 34.5 Å². The molecule has 2 aromatic heterocycles. The molecule has 6 aromatic rings. The number of ether oxygens (including phenoxy) is 1. The van der Waals surface area contributed by atoms with Gasteiger partial charge >= 0.3 is 12.1 Å². The zero-order valence-electron chi connectivity index (χ0n) is 27.1. The molecule has 252 valence electrons. The largest absolute Gasteiger partial charge is 0.464 e. The molecule has 0 aliphatic heterocycles. The maximum absolute atomic E-state index is 14.4. The number of aromatic nitrogens is 2. The van der Waals surface area contributed by atoms with Crippen LogP contribution in [0.5, 0.6) is 0 Å². The normalized spacial score (nSPS) is 12.9. The summed E-state index contributed by atoms with van der Waals surface area (Å²) < 4.78 is 54.0. The SMILES string of the molecule is CCOC(=O)C(CCc1ccc2c(c1)CCc1nc(-c3onc(-c4ccccc4)c3C(F)(F)F)sc1-2)N=C(c1ccccc1)c1ccccc1. The molecule has 0 radical (unpaired) electrons. The van der Waals surface area contributed by atoms with Gasteiger partial charge in [0, 0.05) is 16.7 Å². The minimum absolute atomic E-state index is 0.150.